The molecular formula is C96H131BiN10OS+7. The number of aromatic nitrogens is 10. The van der Waals surface area contributed by atoms with E-state index >= 15 is 0 Å². The van der Waals surface area contributed by atoms with Crippen molar-refractivity contribution in [2.24, 2.45) is 49.3 Å². The molecule has 7 aromatic heterocycles. The van der Waals surface area contributed by atoms with Crippen LogP contribution in [0, 0.1) is 187 Å². The standard InChI is InChI=1S/C18H21N2.2C14H19N2.C14H18N.C12H16NO.C12H16NS.C9H14N.C3H8.Bi/c1-12-11-17-18(14(3)13(12)2)20(15(4)19(17)5)16-9-7-6-8-10-16;1-10-6-14(7-11(2)13(10)4)16-8-12(3)15(5)9-16;1-10-8-14(9-11(2)13(10)4)16-7-6-12(3)15(16)5;1-9-6-7-13-14(12(9)4)10(2)8-11(3)15(13)5;2*1-7-6-11-12(9(3)8(7)2)14-10(4)13(11)5;1-7-5-9(3)10(4)6-8(7)2;1-3-2;/h6-11H,1-5H3;2*6-9H,1-5H3;6-8H,1-5H3;2*6H,1-5H3;5-6H,1-4H3;3H2,1-2H3;/q7*+1;;. The second-order valence-electron chi connectivity index (χ2n) is 30.7. The molecule has 0 spiro atoms. The average molecular weight is 1680 g/mol. The summed E-state index contributed by atoms with van der Waals surface area (Å²) in [7, 11) is 14.7. The number of nitrogens with zero attached hydrogens (tertiary/aromatic N) is 10. The van der Waals surface area contributed by atoms with Gasteiger partial charge in [-0.3, -0.25) is 0 Å². The summed E-state index contributed by atoms with van der Waals surface area (Å²) in [4.78, 5) is 0. The first-order chi connectivity index (χ1) is 50.6. The van der Waals surface area contributed by atoms with Gasteiger partial charge in [0, 0.05) is 121 Å². The molecule has 0 aliphatic heterocycles. The Bertz CT molecular complexity index is 5400. The van der Waals surface area contributed by atoms with E-state index in [1.165, 1.54) is 206 Å². The van der Waals surface area contributed by atoms with Gasteiger partial charge in [0.05, 0.1) is 32.6 Å². The maximum atomic E-state index is 5.73. The molecule has 0 atom stereocenters. The molecule has 7 heterocycles. The molecule has 14 rings (SSSR count). The first kappa shape index (κ1) is 89.1. The van der Waals surface area contributed by atoms with Crippen molar-refractivity contribution in [2.45, 2.75) is 207 Å². The van der Waals surface area contributed by atoms with Crippen LogP contribution < -0.4 is 32.1 Å². The van der Waals surface area contributed by atoms with Crippen molar-refractivity contribution < 1.29 is 36.5 Å². The van der Waals surface area contributed by atoms with Crippen molar-refractivity contribution in [3.8, 4) is 17.1 Å². The molecule has 0 fully saturated rings. The topological polar surface area (TPSA) is 55.1 Å². The second kappa shape index (κ2) is 37.8. The van der Waals surface area contributed by atoms with Gasteiger partial charge in [0.15, 0.2) is 35.7 Å². The maximum Gasteiger partial charge on any atom is 0.344 e. The number of hydrogen-bond acceptors (Lipinski definition) is 2. The fourth-order valence-electron chi connectivity index (χ4n) is 13.7. The Morgan fingerprint density at radius 2 is 0.899 bits per heavy atom. The summed E-state index contributed by atoms with van der Waals surface area (Å²) in [6.07, 6.45) is 9.78. The van der Waals surface area contributed by atoms with E-state index in [1.807, 2.05) is 25.3 Å². The van der Waals surface area contributed by atoms with Crippen LogP contribution in [-0.4, -0.2) is 40.0 Å². The SMILES string of the molecule is CCC.Cc1cc(-[n+]2cc(C)n(C)c2)cc(C)c1C.Cc1cc(-n2ccc(C)[n+]2C)cc(C)c1C.Cc1cc(C)[n+](C)cc1C.Cc1cc2c(c(C)c1C)n(-c1ccccc1)c(C)[n+]2C.Cc1cc2c(oc(C)[n+]2C)c(C)c1C.Cc1cc2c(sc(C)[n+]2C)c(C)c1C.Cc1ccc2c(c(C)cc(C)[n+]2C)c1C.[Bi]. The maximum absolute atomic E-state index is 5.73. The molecule has 575 valence electrons. The normalized spacial score (nSPS) is 10.7. The smallest absolute Gasteiger partial charge is 0.344 e. The van der Waals surface area contributed by atoms with Crippen molar-refractivity contribution in [1.29, 1.82) is 0 Å². The minimum Gasteiger partial charge on any atom is -0.401 e. The van der Waals surface area contributed by atoms with Crippen LogP contribution in [0.2, 0.25) is 0 Å². The molecule has 13 heteroatoms. The van der Waals surface area contributed by atoms with Crippen LogP contribution in [0.3, 0.4) is 0 Å². The number of thiazole rings is 1. The predicted octanol–water partition coefficient (Wildman–Crippen LogP) is 19.6. The average Bonchev–Trinajstić information content (AvgIpc) is 1.63. The predicted molar refractivity (Wildman–Crippen MR) is 461 cm³/mol. The molecule has 0 saturated carbocycles. The van der Waals surface area contributed by atoms with Gasteiger partial charge in [-0.2, -0.15) is 18.3 Å². The fourth-order valence-corrected chi connectivity index (χ4v) is 14.8. The van der Waals surface area contributed by atoms with E-state index in [9.17, 15) is 0 Å². The molecule has 14 aromatic rings. The van der Waals surface area contributed by atoms with Gasteiger partial charge in [-0.05, 0) is 276 Å². The van der Waals surface area contributed by atoms with Crippen molar-refractivity contribution in [1.82, 2.24) is 13.8 Å². The fraction of sp³-hybridized carbons (Fsp3) is 0.385. The van der Waals surface area contributed by atoms with Crippen LogP contribution in [0.5, 0.6) is 0 Å². The Hall–Kier alpha value is -8.77. The van der Waals surface area contributed by atoms with Crippen molar-refractivity contribution in [2.75, 3.05) is 0 Å². The summed E-state index contributed by atoms with van der Waals surface area (Å²) < 4.78 is 29.2. The van der Waals surface area contributed by atoms with Gasteiger partial charge < -0.3 is 4.42 Å². The van der Waals surface area contributed by atoms with Gasteiger partial charge in [0.2, 0.25) is 33.6 Å². The number of para-hydroxylation sites is 1. The molecule has 0 unspecified atom stereocenters. The van der Waals surface area contributed by atoms with E-state index in [4.69, 9.17) is 4.42 Å². The van der Waals surface area contributed by atoms with Gasteiger partial charge in [-0.1, -0.05) is 55.9 Å². The van der Waals surface area contributed by atoms with Gasteiger partial charge >= 0.3 is 5.89 Å². The first-order valence-electron chi connectivity index (χ1n) is 38.4. The van der Waals surface area contributed by atoms with E-state index in [0.717, 1.165) is 11.5 Å². The number of pyridine rings is 2. The summed E-state index contributed by atoms with van der Waals surface area (Å²) in [5.41, 5.74) is 43.7. The molecule has 11 nitrogen and oxygen atoms in total. The molecular weight excluding hydrogens is 1550 g/mol. The summed E-state index contributed by atoms with van der Waals surface area (Å²) in [6.45, 7) is 62.6. The Morgan fingerprint density at radius 1 is 0.394 bits per heavy atom. The van der Waals surface area contributed by atoms with E-state index in [0.29, 0.717) is 0 Å². The van der Waals surface area contributed by atoms with Gasteiger partial charge in [-0.25, -0.2) is 18.3 Å². The molecule has 0 saturated heterocycles. The Morgan fingerprint density at radius 3 is 1.42 bits per heavy atom. The molecule has 7 aromatic carbocycles. The molecule has 0 amide bonds. The number of hydrogen-bond donors (Lipinski definition) is 0. The summed E-state index contributed by atoms with van der Waals surface area (Å²) in [5, 5.41) is 2.77. The van der Waals surface area contributed by atoms with E-state index in [-0.39, 0.29) is 26.2 Å². The molecule has 0 aliphatic carbocycles. The van der Waals surface area contributed by atoms with E-state index in [1.54, 1.807) is 0 Å². The van der Waals surface area contributed by atoms with Crippen LogP contribution in [0.1, 0.15) is 171 Å². The summed E-state index contributed by atoms with van der Waals surface area (Å²) in [5.74, 6) is 2.20. The summed E-state index contributed by atoms with van der Waals surface area (Å²) >= 11 is 1.89. The van der Waals surface area contributed by atoms with Crippen molar-refractivity contribution in [3.63, 3.8) is 0 Å². The molecule has 0 bridgehead atoms. The molecule has 109 heavy (non-hydrogen) atoms. The summed E-state index contributed by atoms with van der Waals surface area (Å²) in [6, 6.07) is 37.3. The van der Waals surface area contributed by atoms with Crippen LogP contribution >= 0.6 is 11.3 Å². The van der Waals surface area contributed by atoms with E-state index in [2.05, 4.69) is 410 Å². The molecule has 0 N–H and O–H groups in total. The second-order valence-corrected chi connectivity index (χ2v) is 31.9. The van der Waals surface area contributed by atoms with Crippen LogP contribution in [0.25, 0.3) is 60.3 Å². The first-order valence-corrected chi connectivity index (χ1v) is 39.2. The zero-order chi connectivity index (χ0) is 80.7. The Kier molecular flexibility index (Phi) is 30.9. The van der Waals surface area contributed by atoms with Gasteiger partial charge in [0.25, 0.3) is 11.3 Å². The van der Waals surface area contributed by atoms with Crippen molar-refractivity contribution in [3.05, 3.63) is 279 Å². The van der Waals surface area contributed by atoms with Gasteiger partial charge in [0.1, 0.15) is 61.8 Å². The number of imidazole rings is 2. The zero-order valence-electron chi connectivity index (χ0n) is 73.6. The number of aryl methyl sites for hydroxylation is 27. The minimum atomic E-state index is 0. The monoisotopic (exact) mass is 1680 g/mol. The number of fused-ring (bicyclic) bond motifs is 4. The number of oxazole rings is 1. The van der Waals surface area contributed by atoms with Crippen LogP contribution in [0.15, 0.2) is 132 Å². The van der Waals surface area contributed by atoms with Crippen LogP contribution in [-0.2, 0) is 49.3 Å². The van der Waals surface area contributed by atoms with Crippen molar-refractivity contribution >= 4 is 80.8 Å². The molecule has 0 aliphatic rings. The third kappa shape index (κ3) is 19.9. The Labute approximate surface area is 678 Å². The third-order valence-electron chi connectivity index (χ3n) is 23.1. The van der Waals surface area contributed by atoms with Crippen LogP contribution in [0.4, 0.5) is 0 Å². The zero-order valence-corrected chi connectivity index (χ0v) is 77.9. The third-order valence-corrected chi connectivity index (χ3v) is 24.4. The molecule has 3 radical (unpaired) electrons. The Balaban J connectivity index is 0.000000198. The number of benzene rings is 7. The van der Waals surface area contributed by atoms with Gasteiger partial charge in [-0.15, -0.1) is 9.36 Å². The minimum absolute atomic E-state index is 0. The van der Waals surface area contributed by atoms with E-state index < -0.39 is 0 Å². The number of rotatable bonds is 3. The quantitative estimate of drug-likeness (QED) is 0.128. The largest absolute Gasteiger partial charge is 0.401 e.